The molecule has 0 N–H and O–H groups in total. The van der Waals surface area contributed by atoms with Gasteiger partial charge in [0.05, 0.1) is 27.0 Å². The molecular formula is C25H26ClNO5. The van der Waals surface area contributed by atoms with Gasteiger partial charge in [0.25, 0.3) is 0 Å². The number of allylic oxidation sites excluding steroid dienone is 2. The maximum atomic E-state index is 13.5. The van der Waals surface area contributed by atoms with Crippen molar-refractivity contribution in [3.8, 4) is 17.2 Å². The SMILES string of the molecule is COc1cc(C2CC(=O)N(c3cccc(Cl)c3C)C3=C2C(=O)CCC3)cc(OC)c1OC. The number of nitrogens with zero attached hydrogens (tertiary/aromatic N) is 1. The molecule has 0 saturated carbocycles. The van der Waals surface area contributed by atoms with Crippen LogP contribution in [0.3, 0.4) is 0 Å². The highest BCUT2D eigenvalue weighted by atomic mass is 35.5. The Morgan fingerprint density at radius 3 is 2.31 bits per heavy atom. The molecule has 1 atom stereocenters. The van der Waals surface area contributed by atoms with E-state index in [0.717, 1.165) is 22.5 Å². The molecule has 1 amide bonds. The molecule has 168 valence electrons. The van der Waals surface area contributed by atoms with Crippen molar-refractivity contribution < 1.29 is 23.8 Å². The number of carbonyl (C=O) groups excluding carboxylic acids is 2. The normalized spacial score (nSPS) is 18.5. The van der Waals surface area contributed by atoms with E-state index in [1.54, 1.807) is 32.3 Å². The third kappa shape index (κ3) is 3.62. The van der Waals surface area contributed by atoms with E-state index in [-0.39, 0.29) is 24.0 Å². The maximum Gasteiger partial charge on any atom is 0.232 e. The van der Waals surface area contributed by atoms with Crippen molar-refractivity contribution in [2.24, 2.45) is 0 Å². The van der Waals surface area contributed by atoms with E-state index in [1.807, 2.05) is 31.2 Å². The molecule has 0 aromatic heterocycles. The summed E-state index contributed by atoms with van der Waals surface area (Å²) >= 11 is 6.34. The Balaban J connectivity index is 1.90. The van der Waals surface area contributed by atoms with Crippen LogP contribution in [-0.2, 0) is 9.59 Å². The van der Waals surface area contributed by atoms with E-state index in [2.05, 4.69) is 0 Å². The minimum Gasteiger partial charge on any atom is -0.493 e. The molecule has 2 aromatic carbocycles. The number of carbonyl (C=O) groups is 2. The number of benzene rings is 2. The second kappa shape index (κ2) is 8.87. The number of hydrogen-bond acceptors (Lipinski definition) is 5. The number of anilines is 1. The topological polar surface area (TPSA) is 65.1 Å². The molecule has 0 fully saturated rings. The van der Waals surface area contributed by atoms with E-state index in [9.17, 15) is 9.59 Å². The summed E-state index contributed by atoms with van der Waals surface area (Å²) in [5.41, 5.74) is 3.79. The van der Waals surface area contributed by atoms with Gasteiger partial charge in [-0.2, -0.15) is 0 Å². The largest absolute Gasteiger partial charge is 0.493 e. The van der Waals surface area contributed by atoms with Crippen molar-refractivity contribution in [2.45, 2.75) is 38.5 Å². The average Bonchev–Trinajstić information content (AvgIpc) is 2.80. The second-order valence-electron chi connectivity index (χ2n) is 7.97. The first-order valence-electron chi connectivity index (χ1n) is 10.6. The molecule has 1 unspecified atom stereocenters. The molecule has 32 heavy (non-hydrogen) atoms. The van der Waals surface area contributed by atoms with Gasteiger partial charge in [-0.25, -0.2) is 0 Å². The number of methoxy groups -OCH3 is 3. The van der Waals surface area contributed by atoms with Gasteiger partial charge in [0.1, 0.15) is 0 Å². The first kappa shape index (κ1) is 22.2. The molecule has 0 saturated heterocycles. The second-order valence-corrected chi connectivity index (χ2v) is 8.37. The molecule has 1 aliphatic carbocycles. The number of hydrogen-bond donors (Lipinski definition) is 0. The van der Waals surface area contributed by atoms with Crippen molar-refractivity contribution >= 4 is 29.0 Å². The van der Waals surface area contributed by atoms with Crippen LogP contribution < -0.4 is 19.1 Å². The standard InChI is InChI=1S/C25H26ClNO5/c1-14-17(26)7-5-8-18(14)27-19-9-6-10-20(28)24(19)16(13-23(27)29)15-11-21(30-2)25(32-4)22(12-15)31-3/h5,7-8,11-12,16H,6,9-10,13H2,1-4H3. The number of rotatable bonds is 5. The zero-order valence-corrected chi connectivity index (χ0v) is 19.4. The predicted octanol–water partition coefficient (Wildman–Crippen LogP) is 5.20. The lowest BCUT2D eigenvalue weighted by molar-refractivity contribution is -0.119. The van der Waals surface area contributed by atoms with Crippen molar-refractivity contribution in [3.05, 3.63) is 57.8 Å². The fourth-order valence-electron chi connectivity index (χ4n) is 4.70. The van der Waals surface area contributed by atoms with E-state index in [4.69, 9.17) is 25.8 Å². The Hall–Kier alpha value is -2.99. The Morgan fingerprint density at radius 1 is 1.00 bits per heavy atom. The lowest BCUT2D eigenvalue weighted by Gasteiger charge is -2.39. The number of halogens is 1. The number of ketones is 1. The Morgan fingerprint density at radius 2 is 1.69 bits per heavy atom. The van der Waals surface area contributed by atoms with Gasteiger partial charge in [-0.3, -0.25) is 14.5 Å². The van der Waals surface area contributed by atoms with Crippen molar-refractivity contribution in [2.75, 3.05) is 26.2 Å². The van der Waals surface area contributed by atoms with Crippen LogP contribution in [0.1, 0.15) is 42.7 Å². The van der Waals surface area contributed by atoms with Crippen LogP contribution in [0.2, 0.25) is 5.02 Å². The maximum absolute atomic E-state index is 13.5. The third-order valence-corrected chi connectivity index (χ3v) is 6.65. The van der Waals surface area contributed by atoms with Gasteiger partial charge in [0, 0.05) is 35.1 Å². The summed E-state index contributed by atoms with van der Waals surface area (Å²) in [7, 11) is 4.64. The molecule has 1 aliphatic heterocycles. The molecular weight excluding hydrogens is 430 g/mol. The van der Waals surface area contributed by atoms with Gasteiger partial charge < -0.3 is 14.2 Å². The first-order valence-corrected chi connectivity index (χ1v) is 10.9. The summed E-state index contributed by atoms with van der Waals surface area (Å²) in [6.45, 7) is 1.89. The van der Waals surface area contributed by atoms with Gasteiger partial charge in [-0.05, 0) is 55.2 Å². The number of ether oxygens (including phenoxy) is 3. The summed E-state index contributed by atoms with van der Waals surface area (Å²) in [5.74, 6) is 1.08. The average molecular weight is 456 g/mol. The molecule has 2 aliphatic rings. The molecule has 7 heteroatoms. The van der Waals surface area contributed by atoms with Gasteiger partial charge in [0.2, 0.25) is 11.7 Å². The minimum atomic E-state index is -0.380. The fraction of sp³-hybridized carbons (Fsp3) is 0.360. The summed E-state index contributed by atoms with van der Waals surface area (Å²) in [4.78, 5) is 28.4. The molecule has 0 radical (unpaired) electrons. The smallest absolute Gasteiger partial charge is 0.232 e. The molecule has 0 bridgehead atoms. The van der Waals surface area contributed by atoms with Crippen molar-refractivity contribution in [1.82, 2.24) is 0 Å². The van der Waals surface area contributed by atoms with Crippen LogP contribution >= 0.6 is 11.6 Å². The minimum absolute atomic E-state index is 0.0671. The Labute approximate surface area is 192 Å². The number of Topliss-reactive ketones (excluding diaryl/α,β-unsaturated/α-hetero) is 1. The van der Waals surface area contributed by atoms with Crippen LogP contribution in [0.25, 0.3) is 0 Å². The highest BCUT2D eigenvalue weighted by molar-refractivity contribution is 6.31. The lowest BCUT2D eigenvalue weighted by Crippen LogP contribution is -2.41. The molecule has 6 nitrogen and oxygen atoms in total. The Kier molecular flexibility index (Phi) is 6.15. The van der Waals surface area contributed by atoms with Gasteiger partial charge in [0.15, 0.2) is 17.3 Å². The van der Waals surface area contributed by atoms with Crippen molar-refractivity contribution in [3.63, 3.8) is 0 Å². The first-order chi connectivity index (χ1) is 15.4. The summed E-state index contributed by atoms with van der Waals surface area (Å²) < 4.78 is 16.4. The molecule has 2 aromatic rings. The fourth-order valence-corrected chi connectivity index (χ4v) is 4.87. The highest BCUT2D eigenvalue weighted by Crippen LogP contribution is 2.48. The number of amides is 1. The van der Waals surface area contributed by atoms with E-state index >= 15 is 0 Å². The van der Waals surface area contributed by atoms with Crippen LogP contribution in [0.15, 0.2) is 41.6 Å². The molecule has 4 rings (SSSR count). The molecule has 0 spiro atoms. The lowest BCUT2D eigenvalue weighted by atomic mass is 9.77. The Bertz CT molecular complexity index is 1100. The zero-order chi connectivity index (χ0) is 23.0. The zero-order valence-electron chi connectivity index (χ0n) is 18.7. The molecule has 1 heterocycles. The van der Waals surface area contributed by atoms with Crippen molar-refractivity contribution in [1.29, 1.82) is 0 Å². The van der Waals surface area contributed by atoms with Crippen LogP contribution in [0, 0.1) is 6.92 Å². The van der Waals surface area contributed by atoms with Crippen LogP contribution in [0.4, 0.5) is 5.69 Å². The summed E-state index contributed by atoms with van der Waals surface area (Å²) in [6, 6.07) is 9.16. The van der Waals surface area contributed by atoms with Gasteiger partial charge in [-0.1, -0.05) is 17.7 Å². The van der Waals surface area contributed by atoms with Crippen LogP contribution in [0.5, 0.6) is 17.2 Å². The summed E-state index contributed by atoms with van der Waals surface area (Å²) in [5, 5.41) is 0.589. The van der Waals surface area contributed by atoms with Gasteiger partial charge in [-0.15, -0.1) is 0 Å². The highest BCUT2D eigenvalue weighted by Gasteiger charge is 2.40. The quantitative estimate of drug-likeness (QED) is 0.619. The van der Waals surface area contributed by atoms with Gasteiger partial charge >= 0.3 is 0 Å². The summed E-state index contributed by atoms with van der Waals surface area (Å²) in [6.07, 6.45) is 1.99. The monoisotopic (exact) mass is 455 g/mol. The third-order valence-electron chi connectivity index (χ3n) is 6.24. The van der Waals surface area contributed by atoms with E-state index < -0.39 is 0 Å². The van der Waals surface area contributed by atoms with Crippen LogP contribution in [-0.4, -0.2) is 33.0 Å². The predicted molar refractivity (Wildman–Crippen MR) is 123 cm³/mol. The van der Waals surface area contributed by atoms with E-state index in [0.29, 0.717) is 47.1 Å². The van der Waals surface area contributed by atoms with E-state index in [1.165, 1.54) is 0 Å².